The lowest BCUT2D eigenvalue weighted by Gasteiger charge is -2.10. The molecule has 96 valence electrons. The first-order valence-electron chi connectivity index (χ1n) is 4.74. The first-order chi connectivity index (χ1) is 7.88. The maximum atomic E-state index is 11.8. The van der Waals surface area contributed by atoms with Gasteiger partial charge in [-0.05, 0) is 34.1 Å². The predicted molar refractivity (Wildman–Crippen MR) is 66.3 cm³/mol. The SMILES string of the molecule is FC(F)(F)CNCCOc1ccc(Br)cc1Br. The normalized spacial score (nSPS) is 11.6. The summed E-state index contributed by atoms with van der Waals surface area (Å²) >= 11 is 6.58. The lowest BCUT2D eigenvalue weighted by Crippen LogP contribution is -2.31. The van der Waals surface area contributed by atoms with Crippen LogP contribution in [-0.4, -0.2) is 25.9 Å². The molecule has 0 radical (unpaired) electrons. The van der Waals surface area contributed by atoms with E-state index < -0.39 is 12.7 Å². The van der Waals surface area contributed by atoms with Crippen LogP contribution in [0, 0.1) is 0 Å². The Kier molecular flexibility index (Phi) is 5.75. The average Bonchev–Trinajstić information content (AvgIpc) is 2.18. The Labute approximate surface area is 114 Å². The molecule has 1 rings (SSSR count). The summed E-state index contributed by atoms with van der Waals surface area (Å²) in [6.07, 6.45) is -4.18. The van der Waals surface area contributed by atoms with Crippen molar-refractivity contribution in [1.82, 2.24) is 5.32 Å². The molecule has 1 aromatic carbocycles. The average molecular weight is 377 g/mol. The zero-order chi connectivity index (χ0) is 12.9. The van der Waals surface area contributed by atoms with Gasteiger partial charge in [0.25, 0.3) is 0 Å². The fourth-order valence-electron chi connectivity index (χ4n) is 1.06. The van der Waals surface area contributed by atoms with Crippen molar-refractivity contribution in [2.45, 2.75) is 6.18 Å². The van der Waals surface area contributed by atoms with E-state index in [4.69, 9.17) is 4.74 Å². The van der Waals surface area contributed by atoms with Gasteiger partial charge in [-0.25, -0.2) is 0 Å². The Bertz CT molecular complexity index is 371. The maximum Gasteiger partial charge on any atom is 0.401 e. The molecule has 7 heteroatoms. The molecule has 17 heavy (non-hydrogen) atoms. The predicted octanol–water partition coefficient (Wildman–Crippen LogP) is 3.74. The van der Waals surface area contributed by atoms with Crippen molar-refractivity contribution >= 4 is 31.9 Å². The lowest BCUT2D eigenvalue weighted by molar-refractivity contribution is -0.124. The van der Waals surface area contributed by atoms with Crippen molar-refractivity contribution in [2.24, 2.45) is 0 Å². The Hall–Kier alpha value is -0.270. The molecule has 0 atom stereocenters. The summed E-state index contributed by atoms with van der Waals surface area (Å²) in [4.78, 5) is 0. The van der Waals surface area contributed by atoms with Crippen LogP contribution in [0.25, 0.3) is 0 Å². The van der Waals surface area contributed by atoms with Gasteiger partial charge in [0.05, 0.1) is 11.0 Å². The van der Waals surface area contributed by atoms with E-state index in [-0.39, 0.29) is 13.2 Å². The molecule has 0 saturated heterocycles. The first-order valence-corrected chi connectivity index (χ1v) is 6.32. The number of halogens is 5. The minimum Gasteiger partial charge on any atom is -0.491 e. The summed E-state index contributed by atoms with van der Waals surface area (Å²) in [5, 5.41) is 2.25. The number of ether oxygens (including phenoxy) is 1. The molecule has 1 aromatic rings. The molecule has 0 heterocycles. The van der Waals surface area contributed by atoms with Crippen LogP contribution in [0.3, 0.4) is 0 Å². The van der Waals surface area contributed by atoms with E-state index in [1.165, 1.54) is 0 Å². The zero-order valence-corrected chi connectivity index (χ0v) is 11.8. The minimum atomic E-state index is -4.18. The number of benzene rings is 1. The van der Waals surface area contributed by atoms with E-state index in [2.05, 4.69) is 37.2 Å². The quantitative estimate of drug-likeness (QED) is 0.790. The van der Waals surface area contributed by atoms with Crippen LogP contribution in [0.5, 0.6) is 5.75 Å². The van der Waals surface area contributed by atoms with Crippen LogP contribution in [0.15, 0.2) is 27.1 Å². The topological polar surface area (TPSA) is 21.3 Å². The molecule has 0 aliphatic heterocycles. The molecule has 0 bridgehead atoms. The van der Waals surface area contributed by atoms with Gasteiger partial charge in [0, 0.05) is 11.0 Å². The second kappa shape index (κ2) is 6.61. The number of hydrogen-bond acceptors (Lipinski definition) is 2. The Balaban J connectivity index is 2.27. The van der Waals surface area contributed by atoms with Gasteiger partial charge in [-0.1, -0.05) is 15.9 Å². The molecule has 0 unspecified atom stereocenters. The van der Waals surface area contributed by atoms with E-state index in [1.54, 1.807) is 18.2 Å². The molecule has 0 amide bonds. The maximum absolute atomic E-state index is 11.8. The van der Waals surface area contributed by atoms with Crippen molar-refractivity contribution in [3.8, 4) is 5.75 Å². The van der Waals surface area contributed by atoms with Crippen LogP contribution < -0.4 is 10.1 Å². The molecule has 2 nitrogen and oxygen atoms in total. The second-order valence-electron chi connectivity index (χ2n) is 3.22. The Morgan fingerprint density at radius 3 is 2.53 bits per heavy atom. The summed E-state index contributed by atoms with van der Waals surface area (Å²) in [5.41, 5.74) is 0. The van der Waals surface area contributed by atoms with Crippen LogP contribution in [0.1, 0.15) is 0 Å². The molecule has 0 aromatic heterocycles. The highest BCUT2D eigenvalue weighted by Gasteiger charge is 2.25. The van der Waals surface area contributed by atoms with Crippen molar-refractivity contribution in [3.05, 3.63) is 27.1 Å². The number of nitrogens with one attached hydrogen (secondary N) is 1. The molecule has 0 fully saturated rings. The van der Waals surface area contributed by atoms with Crippen LogP contribution in [-0.2, 0) is 0 Å². The van der Waals surface area contributed by atoms with Gasteiger partial charge in [0.1, 0.15) is 12.4 Å². The molecule has 0 aliphatic rings. The van der Waals surface area contributed by atoms with Gasteiger partial charge in [-0.2, -0.15) is 13.2 Å². The fourth-order valence-corrected chi connectivity index (χ4v) is 2.22. The van der Waals surface area contributed by atoms with Crippen LogP contribution in [0.4, 0.5) is 13.2 Å². The van der Waals surface area contributed by atoms with E-state index in [9.17, 15) is 13.2 Å². The highest BCUT2D eigenvalue weighted by Crippen LogP contribution is 2.27. The number of rotatable bonds is 5. The molecule has 0 saturated carbocycles. The van der Waals surface area contributed by atoms with Gasteiger partial charge < -0.3 is 10.1 Å². The van der Waals surface area contributed by atoms with Crippen molar-refractivity contribution in [3.63, 3.8) is 0 Å². The third-order valence-corrected chi connectivity index (χ3v) is 2.87. The third kappa shape index (κ3) is 6.28. The van der Waals surface area contributed by atoms with Crippen molar-refractivity contribution in [1.29, 1.82) is 0 Å². The fraction of sp³-hybridized carbons (Fsp3) is 0.400. The summed E-state index contributed by atoms with van der Waals surface area (Å²) in [6.45, 7) is -0.684. The number of hydrogen-bond donors (Lipinski definition) is 1. The molecule has 0 aliphatic carbocycles. The van der Waals surface area contributed by atoms with Gasteiger partial charge >= 0.3 is 6.18 Å². The van der Waals surface area contributed by atoms with Crippen LogP contribution in [0.2, 0.25) is 0 Å². The van der Waals surface area contributed by atoms with Gasteiger partial charge in [0.15, 0.2) is 0 Å². The van der Waals surface area contributed by atoms with E-state index in [0.29, 0.717) is 5.75 Å². The monoisotopic (exact) mass is 375 g/mol. The van der Waals surface area contributed by atoms with E-state index in [0.717, 1.165) is 8.95 Å². The largest absolute Gasteiger partial charge is 0.491 e. The van der Waals surface area contributed by atoms with Gasteiger partial charge in [-0.3, -0.25) is 0 Å². The molecular weight excluding hydrogens is 367 g/mol. The molecule has 1 N–H and O–H groups in total. The summed E-state index contributed by atoms with van der Waals surface area (Å²) in [6, 6.07) is 5.33. The van der Waals surface area contributed by atoms with Crippen LogP contribution >= 0.6 is 31.9 Å². The van der Waals surface area contributed by atoms with Gasteiger partial charge in [-0.15, -0.1) is 0 Å². The van der Waals surface area contributed by atoms with Crippen molar-refractivity contribution < 1.29 is 17.9 Å². The highest BCUT2D eigenvalue weighted by molar-refractivity contribution is 9.11. The minimum absolute atomic E-state index is 0.141. The second-order valence-corrected chi connectivity index (χ2v) is 4.99. The summed E-state index contributed by atoms with van der Waals surface area (Å²) < 4.78 is 42.4. The smallest absolute Gasteiger partial charge is 0.401 e. The molecule has 0 spiro atoms. The number of alkyl halides is 3. The van der Waals surface area contributed by atoms with Crippen molar-refractivity contribution in [2.75, 3.05) is 19.7 Å². The highest BCUT2D eigenvalue weighted by atomic mass is 79.9. The Morgan fingerprint density at radius 1 is 1.24 bits per heavy atom. The van der Waals surface area contributed by atoms with E-state index >= 15 is 0 Å². The standard InChI is InChI=1S/C10H10Br2F3NO/c11-7-1-2-9(8(12)5-7)17-4-3-16-6-10(13,14)15/h1-2,5,16H,3-4,6H2. The summed E-state index contributed by atoms with van der Waals surface area (Å²) in [7, 11) is 0. The third-order valence-electron chi connectivity index (χ3n) is 1.76. The lowest BCUT2D eigenvalue weighted by atomic mass is 10.3. The van der Waals surface area contributed by atoms with Gasteiger partial charge in [0.2, 0.25) is 0 Å². The Morgan fingerprint density at radius 2 is 1.94 bits per heavy atom. The zero-order valence-electron chi connectivity index (χ0n) is 8.65. The van der Waals surface area contributed by atoms with E-state index in [1.807, 2.05) is 0 Å². The molecular formula is C10H10Br2F3NO. The first kappa shape index (κ1) is 14.8. The summed E-state index contributed by atoms with van der Waals surface area (Å²) in [5.74, 6) is 0.599.